The quantitative estimate of drug-likeness (QED) is 0.429. The van der Waals surface area contributed by atoms with Crippen LogP contribution < -0.4 is 5.73 Å². The first kappa shape index (κ1) is 17.9. The van der Waals surface area contributed by atoms with Crippen LogP contribution in [0.15, 0.2) is 24.3 Å². The first-order valence-electron chi connectivity index (χ1n) is 4.27. The van der Waals surface area contributed by atoms with Gasteiger partial charge in [0.05, 0.1) is 0 Å². The number of ketones is 1. The minimum absolute atomic E-state index is 0.0316. The lowest BCUT2D eigenvalue weighted by atomic mass is 10.1. The predicted octanol–water partition coefficient (Wildman–Crippen LogP) is 0.517. The zero-order chi connectivity index (χ0) is 14.1. The van der Waals surface area contributed by atoms with Gasteiger partial charge in [0.2, 0.25) is 0 Å². The standard InChI is InChI=1S/C8H8O2.CH5N.H2O4S/c1-6(9)7-3-2-4-8(10)5-7;1-2;1-5(2,3)4/h2-5,10H,1H3;2H2,1H3;(H2,1,2,3,4). The highest BCUT2D eigenvalue weighted by molar-refractivity contribution is 7.79. The molecule has 8 heteroatoms. The van der Waals surface area contributed by atoms with Crippen molar-refractivity contribution in [2.24, 2.45) is 5.73 Å². The van der Waals surface area contributed by atoms with Crippen LogP contribution in [0.5, 0.6) is 5.75 Å². The number of phenols is 1. The summed E-state index contributed by atoms with van der Waals surface area (Å²) in [5.74, 6) is 0.101. The van der Waals surface area contributed by atoms with E-state index in [1.54, 1.807) is 12.1 Å². The van der Waals surface area contributed by atoms with Crippen molar-refractivity contribution >= 4 is 16.2 Å². The molecule has 0 radical (unpaired) electrons. The van der Waals surface area contributed by atoms with Gasteiger partial charge in [0, 0.05) is 5.56 Å². The molecule has 0 aliphatic rings. The Bertz CT molecular complexity index is 435. The van der Waals surface area contributed by atoms with Crippen LogP contribution in [0, 0.1) is 0 Å². The number of rotatable bonds is 1. The van der Waals surface area contributed by atoms with Crippen molar-refractivity contribution in [1.82, 2.24) is 0 Å². The molecule has 0 bridgehead atoms. The zero-order valence-electron chi connectivity index (χ0n) is 9.36. The second-order valence-electron chi connectivity index (χ2n) is 2.55. The molecule has 1 aromatic carbocycles. The van der Waals surface area contributed by atoms with Crippen LogP contribution in [0.2, 0.25) is 0 Å². The number of carbonyl (C=O) groups excluding carboxylic acids is 1. The maximum absolute atomic E-state index is 10.7. The molecule has 0 aliphatic heterocycles. The number of carbonyl (C=O) groups is 1. The normalized spacial score (nSPS) is 9.24. The van der Waals surface area contributed by atoms with Crippen LogP contribution in [0.3, 0.4) is 0 Å². The minimum Gasteiger partial charge on any atom is -0.508 e. The molecule has 5 N–H and O–H groups in total. The van der Waals surface area contributed by atoms with Crippen LogP contribution in [-0.4, -0.2) is 35.5 Å². The molecule has 0 fully saturated rings. The van der Waals surface area contributed by atoms with Gasteiger partial charge < -0.3 is 10.8 Å². The molecule has 1 rings (SSSR count). The highest BCUT2D eigenvalue weighted by Crippen LogP contribution is 2.10. The lowest BCUT2D eigenvalue weighted by Gasteiger charge is -1.93. The van der Waals surface area contributed by atoms with E-state index >= 15 is 0 Å². The average Bonchev–Trinajstić information content (AvgIpc) is 2.18. The summed E-state index contributed by atoms with van der Waals surface area (Å²) in [7, 11) is -3.17. The van der Waals surface area contributed by atoms with Gasteiger partial charge in [-0.05, 0) is 26.1 Å². The molecule has 17 heavy (non-hydrogen) atoms. The topological polar surface area (TPSA) is 138 Å². The van der Waals surface area contributed by atoms with E-state index in [1.165, 1.54) is 26.1 Å². The van der Waals surface area contributed by atoms with E-state index in [4.69, 9.17) is 22.6 Å². The number of hydrogen-bond acceptors (Lipinski definition) is 5. The Kier molecular flexibility index (Phi) is 9.10. The van der Waals surface area contributed by atoms with Crippen molar-refractivity contribution in [2.75, 3.05) is 7.05 Å². The fraction of sp³-hybridized carbons (Fsp3) is 0.222. The summed E-state index contributed by atoms with van der Waals surface area (Å²) < 4.78 is 31.6. The van der Waals surface area contributed by atoms with E-state index in [9.17, 15) is 4.79 Å². The third-order valence-corrected chi connectivity index (χ3v) is 1.25. The van der Waals surface area contributed by atoms with E-state index in [0.717, 1.165) is 0 Å². The second kappa shape index (κ2) is 8.65. The summed E-state index contributed by atoms with van der Waals surface area (Å²) in [4.78, 5) is 10.7. The third-order valence-electron chi connectivity index (χ3n) is 1.25. The monoisotopic (exact) mass is 265 g/mol. The summed E-state index contributed by atoms with van der Waals surface area (Å²) in [6, 6.07) is 6.29. The van der Waals surface area contributed by atoms with Crippen molar-refractivity contribution in [2.45, 2.75) is 6.92 Å². The van der Waals surface area contributed by atoms with Gasteiger partial charge in [-0.1, -0.05) is 12.1 Å². The highest BCUT2D eigenvalue weighted by atomic mass is 32.3. The van der Waals surface area contributed by atoms with Crippen molar-refractivity contribution in [3.63, 3.8) is 0 Å². The van der Waals surface area contributed by atoms with Gasteiger partial charge in [0.25, 0.3) is 0 Å². The summed E-state index contributed by atoms with van der Waals surface area (Å²) >= 11 is 0. The minimum atomic E-state index is -4.67. The Morgan fingerprint density at radius 1 is 1.24 bits per heavy atom. The average molecular weight is 265 g/mol. The molecule has 0 aliphatic carbocycles. The fourth-order valence-corrected chi connectivity index (χ4v) is 0.725. The van der Waals surface area contributed by atoms with E-state index in [1.807, 2.05) is 0 Å². The predicted molar refractivity (Wildman–Crippen MR) is 62.4 cm³/mol. The number of phenolic OH excluding ortho intramolecular Hbond substituents is 1. The van der Waals surface area contributed by atoms with Crippen LogP contribution in [-0.2, 0) is 10.4 Å². The molecule has 0 unspecified atom stereocenters. The fourth-order valence-electron chi connectivity index (χ4n) is 0.725. The molecule has 0 atom stereocenters. The lowest BCUT2D eigenvalue weighted by Crippen LogP contribution is -1.89. The van der Waals surface area contributed by atoms with Crippen LogP contribution in [0.1, 0.15) is 17.3 Å². The molecule has 1 aromatic rings. The number of aromatic hydroxyl groups is 1. The molecule has 0 saturated carbocycles. The van der Waals surface area contributed by atoms with Crippen molar-refractivity contribution in [3.05, 3.63) is 29.8 Å². The Hall–Kier alpha value is -1.48. The van der Waals surface area contributed by atoms with Crippen LogP contribution >= 0.6 is 0 Å². The Morgan fingerprint density at radius 2 is 1.65 bits per heavy atom. The number of Topliss-reactive ketones (excluding diaryl/α,β-unsaturated/α-hetero) is 1. The van der Waals surface area contributed by atoms with E-state index in [0.29, 0.717) is 5.56 Å². The van der Waals surface area contributed by atoms with Gasteiger partial charge in [0.15, 0.2) is 5.78 Å². The smallest absolute Gasteiger partial charge is 0.394 e. The van der Waals surface area contributed by atoms with Gasteiger partial charge in [-0.15, -0.1) is 0 Å². The molecular weight excluding hydrogens is 250 g/mol. The van der Waals surface area contributed by atoms with E-state index in [2.05, 4.69) is 5.73 Å². The molecule has 98 valence electrons. The third kappa shape index (κ3) is 14.5. The van der Waals surface area contributed by atoms with Crippen LogP contribution in [0.25, 0.3) is 0 Å². The Labute approximate surface area is 99.5 Å². The summed E-state index contributed by atoms with van der Waals surface area (Å²) in [5, 5.41) is 8.91. The molecule has 0 heterocycles. The zero-order valence-corrected chi connectivity index (χ0v) is 10.2. The first-order valence-corrected chi connectivity index (χ1v) is 5.67. The van der Waals surface area contributed by atoms with Gasteiger partial charge >= 0.3 is 10.4 Å². The molecule has 7 nitrogen and oxygen atoms in total. The number of benzene rings is 1. The number of nitrogens with two attached hydrogens (primary N) is 1. The molecule has 0 amide bonds. The van der Waals surface area contributed by atoms with Gasteiger partial charge in [-0.3, -0.25) is 13.9 Å². The summed E-state index contributed by atoms with van der Waals surface area (Å²) in [6.45, 7) is 1.47. The maximum Gasteiger partial charge on any atom is 0.394 e. The molecule has 0 aromatic heterocycles. The van der Waals surface area contributed by atoms with Crippen LogP contribution in [0.4, 0.5) is 0 Å². The SMILES string of the molecule is CC(=O)c1cccc(O)c1.CN.O=S(=O)(O)O. The van der Waals surface area contributed by atoms with Gasteiger partial charge in [0.1, 0.15) is 5.75 Å². The molecular formula is C9H15NO6S. The summed E-state index contributed by atoms with van der Waals surface area (Å²) in [5.41, 5.74) is 5.04. The van der Waals surface area contributed by atoms with Crippen molar-refractivity contribution < 1.29 is 27.4 Å². The maximum atomic E-state index is 10.7. The highest BCUT2D eigenvalue weighted by Gasteiger charge is 1.97. The first-order chi connectivity index (χ1) is 7.70. The Morgan fingerprint density at radius 3 is 1.88 bits per heavy atom. The van der Waals surface area contributed by atoms with Crippen molar-refractivity contribution in [3.8, 4) is 5.75 Å². The second-order valence-corrected chi connectivity index (χ2v) is 3.45. The van der Waals surface area contributed by atoms with E-state index in [-0.39, 0.29) is 11.5 Å². The largest absolute Gasteiger partial charge is 0.508 e. The lowest BCUT2D eigenvalue weighted by molar-refractivity contribution is 0.101. The number of hydrogen-bond donors (Lipinski definition) is 4. The van der Waals surface area contributed by atoms with Gasteiger partial charge in [-0.2, -0.15) is 8.42 Å². The molecule has 0 saturated heterocycles. The Balaban J connectivity index is 0. The van der Waals surface area contributed by atoms with E-state index < -0.39 is 10.4 Å². The molecule has 0 spiro atoms. The van der Waals surface area contributed by atoms with Gasteiger partial charge in [-0.25, -0.2) is 0 Å². The van der Waals surface area contributed by atoms with Crippen molar-refractivity contribution in [1.29, 1.82) is 0 Å². The summed E-state index contributed by atoms with van der Waals surface area (Å²) in [6.07, 6.45) is 0.